The number of halogens is 2. The first-order valence-corrected chi connectivity index (χ1v) is 11.2. The van der Waals surface area contributed by atoms with Gasteiger partial charge in [-0.3, -0.25) is 20.0 Å². The monoisotopic (exact) mass is 457 g/mol. The molecule has 1 saturated heterocycles. The number of hydrogen-bond donors (Lipinski definition) is 2. The third-order valence-electron chi connectivity index (χ3n) is 6.17. The van der Waals surface area contributed by atoms with E-state index in [2.05, 4.69) is 35.0 Å². The van der Waals surface area contributed by atoms with Gasteiger partial charge in [0.15, 0.2) is 11.6 Å². The largest absolute Gasteiger partial charge is 0.335 e. The number of aromatic nitrogens is 6. The van der Waals surface area contributed by atoms with Gasteiger partial charge >= 0.3 is 0 Å². The number of rotatable bonds is 5. The van der Waals surface area contributed by atoms with Crippen LogP contribution in [-0.4, -0.2) is 48.1 Å². The van der Waals surface area contributed by atoms with Crippen LogP contribution in [0.5, 0.6) is 0 Å². The summed E-state index contributed by atoms with van der Waals surface area (Å²) in [7, 11) is 0. The fourth-order valence-electron chi connectivity index (χ4n) is 4.47. The highest BCUT2D eigenvalue weighted by molar-refractivity contribution is 5.92. The van der Waals surface area contributed by atoms with Gasteiger partial charge in [-0.25, -0.2) is 13.8 Å². The van der Waals surface area contributed by atoms with E-state index in [-0.39, 0.29) is 17.2 Å². The molecule has 4 aromatic heterocycles. The molecule has 1 aliphatic heterocycles. The third-order valence-corrected chi connectivity index (χ3v) is 6.17. The Labute approximate surface area is 193 Å². The zero-order chi connectivity index (χ0) is 23.1. The van der Waals surface area contributed by atoms with Gasteiger partial charge < -0.3 is 4.98 Å². The molecule has 1 fully saturated rings. The first-order valence-electron chi connectivity index (χ1n) is 11.2. The van der Waals surface area contributed by atoms with Gasteiger partial charge in [-0.1, -0.05) is 12.1 Å². The fourth-order valence-corrected chi connectivity index (χ4v) is 4.47. The van der Waals surface area contributed by atoms with Gasteiger partial charge in [0.1, 0.15) is 17.2 Å². The molecule has 34 heavy (non-hydrogen) atoms. The highest BCUT2D eigenvalue weighted by Crippen LogP contribution is 2.32. The third kappa shape index (κ3) is 3.73. The van der Waals surface area contributed by atoms with Crippen LogP contribution in [0, 0.1) is 11.6 Å². The van der Waals surface area contributed by atoms with E-state index < -0.39 is 5.82 Å². The minimum atomic E-state index is -0.504. The van der Waals surface area contributed by atoms with E-state index in [9.17, 15) is 4.39 Å². The van der Waals surface area contributed by atoms with Crippen LogP contribution in [0.15, 0.2) is 55.1 Å². The van der Waals surface area contributed by atoms with E-state index in [1.165, 1.54) is 25.0 Å². The molecule has 1 aliphatic rings. The summed E-state index contributed by atoms with van der Waals surface area (Å²) in [5.74, 6) is -0.517. The standard InChI is InChI=1S/C25H21F2N7/c26-18-5-3-16(4-6-18)19-12-29-13-20-23(19)31-25(30-20)24-21(27)22(32-33-24)17-9-15(10-28-11-17)14-34-7-1-2-8-34/h3-6,9-13H,1-2,7-8,14H2,(H,30,31)(H,32,33). The van der Waals surface area contributed by atoms with Gasteiger partial charge in [0.05, 0.1) is 17.2 Å². The molecule has 9 heteroatoms. The van der Waals surface area contributed by atoms with Crippen molar-refractivity contribution in [3.05, 3.63) is 72.3 Å². The number of likely N-dealkylation sites (tertiary alicyclic amines) is 1. The van der Waals surface area contributed by atoms with Crippen molar-refractivity contribution in [2.45, 2.75) is 19.4 Å². The van der Waals surface area contributed by atoms with E-state index in [4.69, 9.17) is 0 Å². The fraction of sp³-hybridized carbons (Fsp3) is 0.200. The molecule has 0 bridgehead atoms. The van der Waals surface area contributed by atoms with Crippen molar-refractivity contribution in [2.24, 2.45) is 0 Å². The lowest BCUT2D eigenvalue weighted by molar-refractivity contribution is 0.331. The molecule has 0 atom stereocenters. The van der Waals surface area contributed by atoms with Crippen molar-refractivity contribution in [3.63, 3.8) is 0 Å². The van der Waals surface area contributed by atoms with Crippen molar-refractivity contribution in [2.75, 3.05) is 13.1 Å². The lowest BCUT2D eigenvalue weighted by Gasteiger charge is -2.14. The number of nitrogens with zero attached hydrogens (tertiary/aromatic N) is 5. The number of aromatic amines is 2. The van der Waals surface area contributed by atoms with E-state index in [0.717, 1.165) is 36.3 Å². The van der Waals surface area contributed by atoms with Crippen molar-refractivity contribution in [1.29, 1.82) is 0 Å². The molecule has 0 saturated carbocycles. The number of fused-ring (bicyclic) bond motifs is 1. The van der Waals surface area contributed by atoms with Gasteiger partial charge in [0, 0.05) is 36.3 Å². The predicted octanol–water partition coefficient (Wildman–Crippen LogP) is 4.95. The van der Waals surface area contributed by atoms with Crippen LogP contribution in [-0.2, 0) is 6.54 Å². The second kappa shape index (κ2) is 8.42. The average Bonchev–Trinajstić information content (AvgIpc) is 3.59. The summed E-state index contributed by atoms with van der Waals surface area (Å²) < 4.78 is 28.8. The van der Waals surface area contributed by atoms with E-state index in [1.807, 2.05) is 12.3 Å². The van der Waals surface area contributed by atoms with Crippen molar-refractivity contribution >= 4 is 11.0 Å². The summed E-state index contributed by atoms with van der Waals surface area (Å²) in [6.07, 6.45) is 9.13. The number of nitrogens with one attached hydrogen (secondary N) is 2. The second-order valence-electron chi connectivity index (χ2n) is 8.50. The smallest absolute Gasteiger partial charge is 0.180 e. The highest BCUT2D eigenvalue weighted by atomic mass is 19.1. The molecule has 6 rings (SSSR count). The summed E-state index contributed by atoms with van der Waals surface area (Å²) in [5.41, 5.74) is 4.74. The molecule has 170 valence electrons. The summed E-state index contributed by atoms with van der Waals surface area (Å²) in [5, 5.41) is 7.01. The first-order chi connectivity index (χ1) is 16.7. The van der Waals surface area contributed by atoms with E-state index in [1.54, 1.807) is 30.7 Å². The van der Waals surface area contributed by atoms with E-state index >= 15 is 4.39 Å². The molecule has 5 heterocycles. The maximum Gasteiger partial charge on any atom is 0.180 e. The average molecular weight is 457 g/mol. The zero-order valence-electron chi connectivity index (χ0n) is 18.2. The van der Waals surface area contributed by atoms with Gasteiger partial charge in [-0.2, -0.15) is 5.10 Å². The Kier molecular flexibility index (Phi) is 5.10. The van der Waals surface area contributed by atoms with Crippen LogP contribution in [0.25, 0.3) is 44.9 Å². The summed E-state index contributed by atoms with van der Waals surface area (Å²) in [6.45, 7) is 2.94. The highest BCUT2D eigenvalue weighted by Gasteiger charge is 2.21. The normalized spacial score (nSPS) is 14.3. The van der Waals surface area contributed by atoms with Crippen molar-refractivity contribution in [3.8, 4) is 33.9 Å². The molecule has 0 radical (unpaired) electrons. The van der Waals surface area contributed by atoms with Crippen LogP contribution in [0.4, 0.5) is 8.78 Å². The molecule has 0 unspecified atom stereocenters. The number of pyridine rings is 2. The summed E-state index contributed by atoms with van der Waals surface area (Å²) in [6, 6.07) is 8.03. The Balaban J connectivity index is 1.35. The van der Waals surface area contributed by atoms with Crippen molar-refractivity contribution in [1.82, 2.24) is 35.0 Å². The maximum atomic E-state index is 15.5. The molecule has 5 aromatic rings. The molecule has 0 aliphatic carbocycles. The SMILES string of the molecule is Fc1ccc(-c2cncc3[nH]c(-c4[nH]nc(-c5cncc(CN6CCCC6)c5)c4F)nc23)cc1. The van der Waals surface area contributed by atoms with Crippen LogP contribution < -0.4 is 0 Å². The van der Waals surface area contributed by atoms with Crippen LogP contribution in [0.3, 0.4) is 0 Å². The molecule has 0 amide bonds. The quantitative estimate of drug-likeness (QED) is 0.390. The van der Waals surface area contributed by atoms with Gasteiger partial charge in [0.25, 0.3) is 0 Å². The lowest BCUT2D eigenvalue weighted by atomic mass is 10.1. The minimum Gasteiger partial charge on any atom is -0.335 e. The topological polar surface area (TPSA) is 86.4 Å². The second-order valence-corrected chi connectivity index (χ2v) is 8.50. The number of imidazole rings is 1. The number of H-pyrrole nitrogens is 2. The molecule has 1 aromatic carbocycles. The van der Waals surface area contributed by atoms with Crippen molar-refractivity contribution < 1.29 is 8.78 Å². The Morgan fingerprint density at radius 2 is 1.71 bits per heavy atom. The predicted molar refractivity (Wildman–Crippen MR) is 125 cm³/mol. The minimum absolute atomic E-state index is 0.154. The van der Waals surface area contributed by atoms with Crippen LogP contribution in [0.2, 0.25) is 0 Å². The number of benzene rings is 1. The van der Waals surface area contributed by atoms with Gasteiger partial charge in [0.2, 0.25) is 0 Å². The molecular formula is C25H21F2N7. The first kappa shape index (κ1) is 20.6. The van der Waals surface area contributed by atoms with E-state index in [0.29, 0.717) is 22.4 Å². The molecular weight excluding hydrogens is 436 g/mol. The molecule has 0 spiro atoms. The van der Waals surface area contributed by atoms with Crippen LogP contribution >= 0.6 is 0 Å². The van der Waals surface area contributed by atoms with Gasteiger partial charge in [-0.05, 0) is 55.3 Å². The lowest BCUT2D eigenvalue weighted by Crippen LogP contribution is -2.18. The Hall–Kier alpha value is -3.98. The number of hydrogen-bond acceptors (Lipinski definition) is 5. The maximum absolute atomic E-state index is 15.5. The Bertz CT molecular complexity index is 1470. The van der Waals surface area contributed by atoms with Gasteiger partial charge in [-0.15, -0.1) is 0 Å². The summed E-state index contributed by atoms with van der Waals surface area (Å²) >= 11 is 0. The Morgan fingerprint density at radius 1 is 0.912 bits per heavy atom. The molecule has 2 N–H and O–H groups in total. The zero-order valence-corrected chi connectivity index (χ0v) is 18.2. The molecule has 7 nitrogen and oxygen atoms in total. The summed E-state index contributed by atoms with van der Waals surface area (Å²) in [4.78, 5) is 18.7. The van der Waals surface area contributed by atoms with Crippen LogP contribution in [0.1, 0.15) is 18.4 Å². The Morgan fingerprint density at radius 3 is 2.53 bits per heavy atom.